The van der Waals surface area contributed by atoms with E-state index >= 15 is 0 Å². The number of piperazine rings is 1. The number of rotatable bonds is 5. The summed E-state index contributed by atoms with van der Waals surface area (Å²) in [5, 5.41) is 3.99. The summed E-state index contributed by atoms with van der Waals surface area (Å²) in [7, 11) is -3.27. The predicted octanol–water partition coefficient (Wildman–Crippen LogP) is 1.94. The van der Waals surface area contributed by atoms with Crippen molar-refractivity contribution in [1.29, 1.82) is 0 Å². The molecule has 0 amide bonds. The lowest BCUT2D eigenvalue weighted by Crippen LogP contribution is -2.48. The van der Waals surface area contributed by atoms with Crippen molar-refractivity contribution in [2.24, 2.45) is 0 Å². The summed E-state index contributed by atoms with van der Waals surface area (Å²) in [4.78, 5) is 2.20. The van der Waals surface area contributed by atoms with E-state index < -0.39 is 10.0 Å². The fraction of sp³-hybridized carbons (Fsp3) is 0.471. The van der Waals surface area contributed by atoms with Gasteiger partial charge in [0, 0.05) is 38.8 Å². The van der Waals surface area contributed by atoms with E-state index in [9.17, 15) is 8.42 Å². The first-order valence-electron chi connectivity index (χ1n) is 8.10. The number of hydrogen-bond acceptors (Lipinski definition) is 5. The summed E-state index contributed by atoms with van der Waals surface area (Å²) >= 11 is 0. The third-order valence-electron chi connectivity index (χ3n) is 4.22. The highest BCUT2D eigenvalue weighted by Gasteiger charge is 2.27. The van der Waals surface area contributed by atoms with E-state index in [1.165, 1.54) is 0 Å². The molecule has 1 aromatic heterocycles. The smallest absolute Gasteiger partial charge is 0.218 e. The number of aryl methyl sites for hydroxylation is 2. The molecule has 1 aliphatic rings. The summed E-state index contributed by atoms with van der Waals surface area (Å²) in [5.41, 5.74) is 2.81. The van der Waals surface area contributed by atoms with Gasteiger partial charge in [0.2, 0.25) is 10.0 Å². The van der Waals surface area contributed by atoms with Gasteiger partial charge in [-0.1, -0.05) is 35.0 Å². The largest absolute Gasteiger partial charge is 0.361 e. The molecule has 6 nitrogen and oxygen atoms in total. The molecule has 1 aliphatic heterocycles. The maximum absolute atomic E-state index is 12.6. The van der Waals surface area contributed by atoms with Crippen molar-refractivity contribution in [3.05, 3.63) is 52.9 Å². The number of benzene rings is 1. The lowest BCUT2D eigenvalue weighted by molar-refractivity contribution is 0.177. The van der Waals surface area contributed by atoms with E-state index in [1.54, 1.807) is 4.31 Å². The Bertz CT molecular complexity index is 793. The standard InChI is InChI=1S/C17H23N3O3S/c1-14-4-3-5-16(10-14)13-24(21,22)20-8-6-19(7-9-20)12-17-11-15(2)23-18-17/h3-5,10-11H,6-9,12-13H2,1-2H3. The van der Waals surface area contributed by atoms with Crippen LogP contribution in [0, 0.1) is 13.8 Å². The van der Waals surface area contributed by atoms with Crippen LogP contribution in [0.15, 0.2) is 34.9 Å². The van der Waals surface area contributed by atoms with Crippen LogP contribution in [0.5, 0.6) is 0 Å². The van der Waals surface area contributed by atoms with Crippen molar-refractivity contribution in [3.63, 3.8) is 0 Å². The van der Waals surface area contributed by atoms with E-state index in [4.69, 9.17) is 4.52 Å². The minimum atomic E-state index is -3.27. The van der Waals surface area contributed by atoms with Crippen LogP contribution in [-0.4, -0.2) is 49.0 Å². The summed E-state index contributed by atoms with van der Waals surface area (Å²) in [6, 6.07) is 9.59. The third-order valence-corrected chi connectivity index (χ3v) is 6.07. The Morgan fingerprint density at radius 2 is 1.88 bits per heavy atom. The van der Waals surface area contributed by atoms with Gasteiger partial charge in [0.1, 0.15) is 5.76 Å². The van der Waals surface area contributed by atoms with Crippen molar-refractivity contribution in [2.45, 2.75) is 26.1 Å². The first kappa shape index (κ1) is 17.1. The maximum atomic E-state index is 12.6. The molecule has 0 atom stereocenters. The number of sulfonamides is 1. The van der Waals surface area contributed by atoms with Crippen LogP contribution < -0.4 is 0 Å². The lowest BCUT2D eigenvalue weighted by Gasteiger charge is -2.33. The van der Waals surface area contributed by atoms with Crippen LogP contribution in [0.1, 0.15) is 22.6 Å². The molecule has 24 heavy (non-hydrogen) atoms. The average molecular weight is 349 g/mol. The molecule has 130 valence electrons. The summed E-state index contributed by atoms with van der Waals surface area (Å²) in [5.74, 6) is 0.862. The Morgan fingerprint density at radius 3 is 2.50 bits per heavy atom. The van der Waals surface area contributed by atoms with Crippen LogP contribution in [0.3, 0.4) is 0 Å². The van der Waals surface area contributed by atoms with Crippen LogP contribution in [0.2, 0.25) is 0 Å². The highest BCUT2D eigenvalue weighted by molar-refractivity contribution is 7.88. The SMILES string of the molecule is Cc1cccc(CS(=O)(=O)N2CCN(Cc3cc(C)on3)CC2)c1. The first-order chi connectivity index (χ1) is 11.4. The van der Waals surface area contributed by atoms with Crippen molar-refractivity contribution < 1.29 is 12.9 Å². The Hall–Kier alpha value is -1.70. The highest BCUT2D eigenvalue weighted by Crippen LogP contribution is 2.16. The van der Waals surface area contributed by atoms with E-state index in [2.05, 4.69) is 10.1 Å². The molecular weight excluding hydrogens is 326 g/mol. The topological polar surface area (TPSA) is 66.7 Å². The fourth-order valence-corrected chi connectivity index (χ4v) is 4.49. The van der Waals surface area contributed by atoms with Gasteiger partial charge in [-0.3, -0.25) is 4.90 Å². The average Bonchev–Trinajstić information content (AvgIpc) is 2.92. The minimum Gasteiger partial charge on any atom is -0.361 e. The zero-order valence-corrected chi connectivity index (χ0v) is 14.9. The molecular formula is C17H23N3O3S. The van der Waals surface area contributed by atoms with Crippen LogP contribution in [0.25, 0.3) is 0 Å². The van der Waals surface area contributed by atoms with E-state index in [0.29, 0.717) is 32.7 Å². The fourth-order valence-electron chi connectivity index (χ4n) is 2.99. The summed E-state index contributed by atoms with van der Waals surface area (Å²) in [6.07, 6.45) is 0. The molecule has 7 heteroatoms. The minimum absolute atomic E-state index is 0.0666. The quantitative estimate of drug-likeness (QED) is 0.825. The second kappa shape index (κ2) is 7.04. The monoisotopic (exact) mass is 349 g/mol. The lowest BCUT2D eigenvalue weighted by atomic mass is 10.2. The second-order valence-corrected chi connectivity index (χ2v) is 8.32. The van der Waals surface area contributed by atoms with Gasteiger partial charge < -0.3 is 4.52 Å². The molecule has 0 N–H and O–H groups in total. The maximum Gasteiger partial charge on any atom is 0.218 e. The molecule has 0 unspecified atom stereocenters. The van der Waals surface area contributed by atoms with Crippen LogP contribution in [-0.2, 0) is 22.3 Å². The van der Waals surface area contributed by atoms with Gasteiger partial charge in [0.15, 0.2) is 0 Å². The zero-order chi connectivity index (χ0) is 17.2. The highest BCUT2D eigenvalue weighted by atomic mass is 32.2. The number of nitrogens with zero attached hydrogens (tertiary/aromatic N) is 3. The molecule has 0 aliphatic carbocycles. The Labute approximate surface area is 143 Å². The van der Waals surface area contributed by atoms with Gasteiger partial charge in [-0.2, -0.15) is 4.31 Å². The van der Waals surface area contributed by atoms with Crippen molar-refractivity contribution in [1.82, 2.24) is 14.4 Å². The number of hydrogen-bond donors (Lipinski definition) is 0. The van der Waals surface area contributed by atoms with E-state index in [0.717, 1.165) is 22.6 Å². The predicted molar refractivity (Wildman–Crippen MR) is 91.9 cm³/mol. The van der Waals surface area contributed by atoms with Gasteiger partial charge in [0.05, 0.1) is 11.4 Å². The van der Waals surface area contributed by atoms with Crippen molar-refractivity contribution in [2.75, 3.05) is 26.2 Å². The molecule has 3 rings (SSSR count). The normalized spacial score (nSPS) is 17.2. The molecule has 1 saturated heterocycles. The molecule has 2 heterocycles. The molecule has 0 saturated carbocycles. The van der Waals surface area contributed by atoms with Crippen LogP contribution >= 0.6 is 0 Å². The van der Waals surface area contributed by atoms with E-state index in [1.807, 2.05) is 44.2 Å². The molecule has 0 bridgehead atoms. The van der Waals surface area contributed by atoms with Gasteiger partial charge in [-0.25, -0.2) is 8.42 Å². The molecule has 1 fully saturated rings. The number of aromatic nitrogens is 1. The Kier molecular flexibility index (Phi) is 5.03. The van der Waals surface area contributed by atoms with Gasteiger partial charge >= 0.3 is 0 Å². The second-order valence-electron chi connectivity index (χ2n) is 6.35. The molecule has 0 radical (unpaired) electrons. The summed E-state index contributed by atoms with van der Waals surface area (Å²) in [6.45, 7) is 6.99. The summed E-state index contributed by atoms with van der Waals surface area (Å²) < 4.78 is 31.9. The Balaban J connectivity index is 1.57. The molecule has 1 aromatic carbocycles. The zero-order valence-electron chi connectivity index (χ0n) is 14.1. The Morgan fingerprint density at radius 1 is 1.12 bits per heavy atom. The molecule has 0 spiro atoms. The van der Waals surface area contributed by atoms with Crippen LogP contribution in [0.4, 0.5) is 0 Å². The van der Waals surface area contributed by atoms with Crippen molar-refractivity contribution >= 4 is 10.0 Å². The van der Waals surface area contributed by atoms with E-state index in [-0.39, 0.29) is 5.75 Å². The van der Waals surface area contributed by atoms with Gasteiger partial charge in [-0.15, -0.1) is 0 Å². The van der Waals surface area contributed by atoms with Gasteiger partial charge in [-0.05, 0) is 19.4 Å². The third kappa shape index (κ3) is 4.23. The molecule has 2 aromatic rings. The van der Waals surface area contributed by atoms with Gasteiger partial charge in [0.25, 0.3) is 0 Å². The first-order valence-corrected chi connectivity index (χ1v) is 9.71. The van der Waals surface area contributed by atoms with Crippen molar-refractivity contribution in [3.8, 4) is 0 Å².